The summed E-state index contributed by atoms with van der Waals surface area (Å²) in [5, 5.41) is 16.9. The molecule has 7 nitrogen and oxygen atoms in total. The summed E-state index contributed by atoms with van der Waals surface area (Å²) in [4.78, 5) is 19.1. The summed E-state index contributed by atoms with van der Waals surface area (Å²) in [5.41, 5.74) is 9.71. The molecule has 1 aliphatic rings. The standard InChI is InChI=1S/C21H22FN5O2S/c1-24-21(29)27-9-8-16-18(11-27)30-20(26-16)19(28)25-17-10-13(4-7-15(17)23)12-2-5-14(22)6-3-12/h2-7,10,19,25,28H,8-9,11,23H2,1H3,(H,24,29). The van der Waals surface area contributed by atoms with E-state index in [1.165, 1.54) is 23.5 Å². The number of nitrogens with zero attached hydrogens (tertiary/aromatic N) is 2. The van der Waals surface area contributed by atoms with Crippen LogP contribution in [0.5, 0.6) is 0 Å². The van der Waals surface area contributed by atoms with E-state index in [4.69, 9.17) is 5.73 Å². The molecule has 30 heavy (non-hydrogen) atoms. The van der Waals surface area contributed by atoms with Gasteiger partial charge in [-0.05, 0) is 35.4 Å². The molecule has 156 valence electrons. The topological polar surface area (TPSA) is 104 Å². The molecule has 1 unspecified atom stereocenters. The van der Waals surface area contributed by atoms with Gasteiger partial charge in [-0.15, -0.1) is 11.3 Å². The van der Waals surface area contributed by atoms with E-state index in [0.717, 1.165) is 21.7 Å². The van der Waals surface area contributed by atoms with E-state index in [2.05, 4.69) is 15.6 Å². The fourth-order valence-electron chi connectivity index (χ4n) is 3.38. The molecule has 0 saturated heterocycles. The number of fused-ring (bicyclic) bond motifs is 1. The van der Waals surface area contributed by atoms with Crippen molar-refractivity contribution in [2.24, 2.45) is 0 Å². The van der Waals surface area contributed by atoms with Crippen LogP contribution in [0.2, 0.25) is 0 Å². The van der Waals surface area contributed by atoms with Crippen LogP contribution in [0.25, 0.3) is 11.1 Å². The first-order valence-corrected chi connectivity index (χ1v) is 10.3. The number of nitrogens with one attached hydrogen (secondary N) is 2. The normalized spacial score (nSPS) is 14.2. The van der Waals surface area contributed by atoms with Crippen molar-refractivity contribution in [2.75, 3.05) is 24.6 Å². The largest absolute Gasteiger partial charge is 0.397 e. The zero-order chi connectivity index (χ0) is 21.3. The van der Waals surface area contributed by atoms with Crippen LogP contribution in [0.4, 0.5) is 20.6 Å². The second-order valence-corrected chi connectivity index (χ2v) is 8.12. The van der Waals surface area contributed by atoms with Crippen molar-refractivity contribution in [1.29, 1.82) is 0 Å². The quantitative estimate of drug-likeness (QED) is 0.378. The molecule has 0 aliphatic carbocycles. The number of benzene rings is 2. The molecule has 3 aromatic rings. The van der Waals surface area contributed by atoms with Crippen molar-refractivity contribution in [3.8, 4) is 11.1 Å². The van der Waals surface area contributed by atoms with Gasteiger partial charge in [0.2, 0.25) is 0 Å². The Bertz CT molecular complexity index is 1070. The van der Waals surface area contributed by atoms with Crippen LogP contribution in [0, 0.1) is 5.82 Å². The summed E-state index contributed by atoms with van der Waals surface area (Å²) in [5.74, 6) is -0.300. The number of nitrogens with two attached hydrogens (primary N) is 1. The van der Waals surface area contributed by atoms with Crippen molar-refractivity contribution in [3.05, 3.63) is 63.9 Å². The lowest BCUT2D eigenvalue weighted by Gasteiger charge is -2.25. The Kier molecular flexibility index (Phi) is 5.56. The van der Waals surface area contributed by atoms with Crippen LogP contribution in [0.15, 0.2) is 42.5 Å². The van der Waals surface area contributed by atoms with Crippen LogP contribution in [0.1, 0.15) is 21.8 Å². The number of halogens is 1. The fourth-order valence-corrected chi connectivity index (χ4v) is 4.44. The van der Waals surface area contributed by atoms with Crippen LogP contribution in [0.3, 0.4) is 0 Å². The van der Waals surface area contributed by atoms with Gasteiger partial charge in [0.25, 0.3) is 0 Å². The number of hydrogen-bond acceptors (Lipinski definition) is 6. The van der Waals surface area contributed by atoms with Gasteiger partial charge in [-0.1, -0.05) is 18.2 Å². The number of carbonyl (C=O) groups excluding carboxylic acids is 1. The molecule has 0 radical (unpaired) electrons. The van der Waals surface area contributed by atoms with Crippen molar-refractivity contribution in [1.82, 2.24) is 15.2 Å². The second-order valence-electron chi connectivity index (χ2n) is 7.00. The van der Waals surface area contributed by atoms with E-state index >= 15 is 0 Å². The minimum Gasteiger partial charge on any atom is -0.397 e. The number of aliphatic hydroxyl groups is 1. The summed E-state index contributed by atoms with van der Waals surface area (Å²) in [6.07, 6.45) is -0.395. The van der Waals surface area contributed by atoms with Crippen molar-refractivity contribution < 1.29 is 14.3 Å². The SMILES string of the molecule is CNC(=O)N1CCc2nc(C(O)Nc3cc(-c4ccc(F)cc4)ccc3N)sc2C1. The average molecular weight is 428 g/mol. The zero-order valence-electron chi connectivity index (χ0n) is 16.4. The molecule has 2 amide bonds. The van der Waals surface area contributed by atoms with Crippen molar-refractivity contribution in [3.63, 3.8) is 0 Å². The molecule has 0 fully saturated rings. The van der Waals surface area contributed by atoms with Crippen molar-refractivity contribution >= 4 is 28.7 Å². The van der Waals surface area contributed by atoms with E-state index in [0.29, 0.717) is 35.9 Å². The average Bonchev–Trinajstić information content (AvgIpc) is 3.19. The summed E-state index contributed by atoms with van der Waals surface area (Å²) in [6, 6.07) is 11.4. The predicted molar refractivity (Wildman–Crippen MR) is 116 cm³/mol. The molecule has 4 rings (SSSR count). The van der Waals surface area contributed by atoms with Gasteiger partial charge in [0.1, 0.15) is 10.8 Å². The molecule has 0 bridgehead atoms. The Morgan fingerprint density at radius 1 is 1.27 bits per heavy atom. The predicted octanol–water partition coefficient (Wildman–Crippen LogP) is 3.33. The van der Waals surface area contributed by atoms with Crippen LogP contribution in [-0.2, 0) is 13.0 Å². The number of aliphatic hydroxyl groups excluding tert-OH is 1. The Labute approximate surface area is 177 Å². The maximum atomic E-state index is 13.2. The third-order valence-corrected chi connectivity index (χ3v) is 6.14. The number of nitrogen functional groups attached to an aromatic ring is 1. The van der Waals surface area contributed by atoms with Crippen LogP contribution in [-0.4, -0.2) is 34.6 Å². The first-order valence-electron chi connectivity index (χ1n) is 9.50. The van der Waals surface area contributed by atoms with Gasteiger partial charge < -0.3 is 26.4 Å². The van der Waals surface area contributed by atoms with E-state index in [-0.39, 0.29) is 11.8 Å². The number of aromatic nitrogens is 1. The number of urea groups is 1. The molecule has 1 atom stereocenters. The molecule has 5 N–H and O–H groups in total. The summed E-state index contributed by atoms with van der Waals surface area (Å²) in [6.45, 7) is 1.06. The first-order chi connectivity index (χ1) is 14.4. The van der Waals surface area contributed by atoms with Gasteiger partial charge in [-0.3, -0.25) is 0 Å². The molecular weight excluding hydrogens is 405 g/mol. The first kappa shape index (κ1) is 20.1. The zero-order valence-corrected chi connectivity index (χ0v) is 17.2. The highest BCUT2D eigenvalue weighted by atomic mass is 32.1. The highest BCUT2D eigenvalue weighted by Gasteiger charge is 2.25. The van der Waals surface area contributed by atoms with Gasteiger partial charge >= 0.3 is 6.03 Å². The lowest BCUT2D eigenvalue weighted by Crippen LogP contribution is -2.40. The number of anilines is 2. The maximum absolute atomic E-state index is 13.2. The van der Waals surface area contributed by atoms with E-state index in [1.54, 1.807) is 30.1 Å². The number of carbonyl (C=O) groups is 1. The lowest BCUT2D eigenvalue weighted by molar-refractivity contribution is 0.194. The minimum atomic E-state index is -1.04. The maximum Gasteiger partial charge on any atom is 0.317 e. The third-order valence-electron chi connectivity index (χ3n) is 5.01. The Morgan fingerprint density at radius 2 is 2.00 bits per heavy atom. The molecule has 9 heteroatoms. The van der Waals surface area contributed by atoms with Gasteiger partial charge in [0.05, 0.1) is 23.6 Å². The van der Waals surface area contributed by atoms with E-state index < -0.39 is 6.23 Å². The molecular formula is C21H22FN5O2S. The molecule has 0 saturated carbocycles. The van der Waals surface area contributed by atoms with E-state index in [9.17, 15) is 14.3 Å². The van der Waals surface area contributed by atoms with E-state index in [1.807, 2.05) is 12.1 Å². The summed E-state index contributed by atoms with van der Waals surface area (Å²) >= 11 is 1.37. The number of rotatable bonds is 4. The fraction of sp³-hybridized carbons (Fsp3) is 0.238. The summed E-state index contributed by atoms with van der Waals surface area (Å²) < 4.78 is 13.2. The molecule has 2 heterocycles. The van der Waals surface area contributed by atoms with Crippen molar-refractivity contribution in [2.45, 2.75) is 19.2 Å². The highest BCUT2D eigenvalue weighted by molar-refractivity contribution is 7.11. The number of amides is 2. The minimum absolute atomic E-state index is 0.125. The second kappa shape index (κ2) is 8.29. The number of thiazole rings is 1. The van der Waals surface area contributed by atoms with Gasteiger partial charge in [-0.25, -0.2) is 14.2 Å². The molecule has 1 aliphatic heterocycles. The van der Waals surface area contributed by atoms with Gasteiger partial charge in [0.15, 0.2) is 6.23 Å². The Hall–Kier alpha value is -3.17. The summed E-state index contributed by atoms with van der Waals surface area (Å²) in [7, 11) is 1.61. The van der Waals surface area contributed by atoms with Crippen LogP contribution >= 0.6 is 11.3 Å². The molecule has 0 spiro atoms. The smallest absolute Gasteiger partial charge is 0.317 e. The molecule has 1 aromatic heterocycles. The Balaban J connectivity index is 1.53. The lowest BCUT2D eigenvalue weighted by atomic mass is 10.0. The van der Waals surface area contributed by atoms with Gasteiger partial charge in [0, 0.05) is 24.9 Å². The van der Waals surface area contributed by atoms with Gasteiger partial charge in [-0.2, -0.15) is 0 Å². The highest BCUT2D eigenvalue weighted by Crippen LogP contribution is 2.32. The monoisotopic (exact) mass is 427 g/mol. The third kappa shape index (κ3) is 4.07. The van der Waals surface area contributed by atoms with Crippen LogP contribution < -0.4 is 16.4 Å². The number of hydrogen-bond donors (Lipinski definition) is 4. The Morgan fingerprint density at radius 3 is 2.73 bits per heavy atom. The molecule has 2 aromatic carbocycles.